The van der Waals surface area contributed by atoms with Gasteiger partial charge < -0.3 is 11.1 Å². The van der Waals surface area contributed by atoms with E-state index in [2.05, 4.69) is 36.5 Å². The Bertz CT molecular complexity index is 597. The summed E-state index contributed by atoms with van der Waals surface area (Å²) < 4.78 is 0. The molecule has 0 radical (unpaired) electrons. The number of benzene rings is 2. The van der Waals surface area contributed by atoms with E-state index >= 15 is 0 Å². The van der Waals surface area contributed by atoms with Crippen molar-refractivity contribution in [3.05, 3.63) is 58.7 Å². The first-order valence-corrected chi connectivity index (χ1v) is 7.43. The second kappa shape index (κ2) is 5.58. The Morgan fingerprint density at radius 1 is 1.05 bits per heavy atom. The average molecular weight is 266 g/mol. The minimum Gasteiger partial charge on any atom is -0.397 e. The first kappa shape index (κ1) is 13.0. The number of fused-ring (bicyclic) bond motifs is 1. The summed E-state index contributed by atoms with van der Waals surface area (Å²) in [6.45, 7) is 2.92. The predicted octanol–water partition coefficient (Wildman–Crippen LogP) is 4.07. The van der Waals surface area contributed by atoms with Gasteiger partial charge in [0.2, 0.25) is 0 Å². The van der Waals surface area contributed by atoms with Crippen molar-refractivity contribution >= 4 is 11.4 Å². The lowest BCUT2D eigenvalue weighted by molar-refractivity contribution is 0.684. The number of rotatable bonds is 3. The fraction of sp³-hybridized carbons (Fsp3) is 0.333. The van der Waals surface area contributed by atoms with Crippen molar-refractivity contribution in [3.8, 4) is 0 Å². The van der Waals surface area contributed by atoms with E-state index in [1.165, 1.54) is 47.9 Å². The van der Waals surface area contributed by atoms with E-state index in [4.69, 9.17) is 5.73 Å². The first-order chi connectivity index (χ1) is 9.74. The van der Waals surface area contributed by atoms with Crippen molar-refractivity contribution < 1.29 is 0 Å². The number of hydrogen-bond acceptors (Lipinski definition) is 2. The van der Waals surface area contributed by atoms with Crippen LogP contribution < -0.4 is 11.1 Å². The average Bonchev–Trinajstić information content (AvgIpc) is 2.46. The number of para-hydroxylation sites is 1. The van der Waals surface area contributed by atoms with Crippen molar-refractivity contribution in [2.45, 2.75) is 39.2 Å². The molecular weight excluding hydrogens is 244 g/mol. The predicted molar refractivity (Wildman–Crippen MR) is 86.0 cm³/mol. The van der Waals surface area contributed by atoms with Crippen molar-refractivity contribution in [2.75, 3.05) is 11.1 Å². The molecule has 1 aliphatic rings. The van der Waals surface area contributed by atoms with Gasteiger partial charge in [0.1, 0.15) is 0 Å². The molecule has 0 aromatic heterocycles. The molecular formula is C18H22N2. The summed E-state index contributed by atoms with van der Waals surface area (Å²) in [5, 5.41) is 3.48. The molecule has 2 aromatic carbocycles. The third kappa shape index (κ3) is 2.64. The highest BCUT2D eigenvalue weighted by Gasteiger charge is 2.09. The Hall–Kier alpha value is -1.96. The minimum atomic E-state index is 0.822. The maximum absolute atomic E-state index is 6.03. The molecule has 0 atom stereocenters. The highest BCUT2D eigenvalue weighted by atomic mass is 14.9. The smallest absolute Gasteiger partial charge is 0.0606 e. The van der Waals surface area contributed by atoms with Gasteiger partial charge in [0.25, 0.3) is 0 Å². The highest BCUT2D eigenvalue weighted by Crippen LogP contribution is 2.25. The minimum absolute atomic E-state index is 0.822. The maximum atomic E-state index is 6.03. The molecule has 0 saturated heterocycles. The summed E-state index contributed by atoms with van der Waals surface area (Å²) in [6, 6.07) is 12.9. The third-order valence-electron chi connectivity index (χ3n) is 4.19. The van der Waals surface area contributed by atoms with Gasteiger partial charge in [-0.1, -0.05) is 30.3 Å². The first-order valence-electron chi connectivity index (χ1n) is 7.43. The summed E-state index contributed by atoms with van der Waals surface area (Å²) >= 11 is 0. The van der Waals surface area contributed by atoms with E-state index in [-0.39, 0.29) is 0 Å². The fourth-order valence-corrected chi connectivity index (χ4v) is 3.02. The molecule has 2 heteroatoms. The Balaban J connectivity index is 1.75. The molecule has 0 saturated carbocycles. The van der Waals surface area contributed by atoms with E-state index in [9.17, 15) is 0 Å². The van der Waals surface area contributed by atoms with E-state index in [0.29, 0.717) is 0 Å². The summed E-state index contributed by atoms with van der Waals surface area (Å²) in [4.78, 5) is 0. The summed E-state index contributed by atoms with van der Waals surface area (Å²) in [7, 11) is 0. The molecule has 0 heterocycles. The molecule has 0 spiro atoms. The van der Waals surface area contributed by atoms with Gasteiger partial charge in [-0.3, -0.25) is 0 Å². The van der Waals surface area contributed by atoms with Gasteiger partial charge in [0.15, 0.2) is 0 Å². The van der Waals surface area contributed by atoms with Crippen LogP contribution in [0.4, 0.5) is 11.4 Å². The van der Waals surface area contributed by atoms with Crippen molar-refractivity contribution in [2.24, 2.45) is 0 Å². The zero-order valence-electron chi connectivity index (χ0n) is 12.1. The number of nitrogen functional groups attached to an aromatic ring is 1. The molecule has 3 N–H and O–H groups in total. The normalized spacial score (nSPS) is 13.8. The van der Waals surface area contributed by atoms with Crippen LogP contribution >= 0.6 is 0 Å². The number of aryl methyl sites for hydroxylation is 3. The monoisotopic (exact) mass is 266 g/mol. The number of nitrogens with two attached hydrogens (primary N) is 1. The van der Waals surface area contributed by atoms with E-state index in [1.807, 2.05) is 12.1 Å². The molecule has 0 bridgehead atoms. The molecule has 0 amide bonds. The van der Waals surface area contributed by atoms with E-state index < -0.39 is 0 Å². The van der Waals surface area contributed by atoms with Crippen LogP contribution in [0.15, 0.2) is 36.4 Å². The zero-order chi connectivity index (χ0) is 13.9. The van der Waals surface area contributed by atoms with E-state index in [0.717, 1.165) is 17.9 Å². The molecule has 20 heavy (non-hydrogen) atoms. The molecule has 0 fully saturated rings. The summed E-state index contributed by atoms with van der Waals surface area (Å²) in [5.41, 5.74) is 13.5. The summed E-state index contributed by atoms with van der Waals surface area (Å²) in [5.74, 6) is 0. The van der Waals surface area contributed by atoms with Crippen LogP contribution in [-0.4, -0.2) is 0 Å². The molecule has 1 aliphatic carbocycles. The third-order valence-corrected chi connectivity index (χ3v) is 4.19. The van der Waals surface area contributed by atoms with Gasteiger partial charge >= 0.3 is 0 Å². The topological polar surface area (TPSA) is 38.0 Å². The van der Waals surface area contributed by atoms with Gasteiger partial charge in [-0.25, -0.2) is 0 Å². The summed E-state index contributed by atoms with van der Waals surface area (Å²) in [6.07, 6.45) is 5.14. The quantitative estimate of drug-likeness (QED) is 0.822. The van der Waals surface area contributed by atoms with Crippen LogP contribution in [0.5, 0.6) is 0 Å². The van der Waals surface area contributed by atoms with Crippen LogP contribution in [0.3, 0.4) is 0 Å². The van der Waals surface area contributed by atoms with Gasteiger partial charge in [0.05, 0.1) is 11.4 Å². The second-order valence-electron chi connectivity index (χ2n) is 5.70. The Morgan fingerprint density at radius 2 is 1.85 bits per heavy atom. The molecule has 0 aliphatic heterocycles. The van der Waals surface area contributed by atoms with Crippen LogP contribution in [0.25, 0.3) is 0 Å². The Morgan fingerprint density at radius 3 is 2.65 bits per heavy atom. The molecule has 104 valence electrons. The van der Waals surface area contributed by atoms with Crippen molar-refractivity contribution in [3.63, 3.8) is 0 Å². The number of anilines is 2. The lowest BCUT2D eigenvalue weighted by Gasteiger charge is -2.17. The highest BCUT2D eigenvalue weighted by molar-refractivity contribution is 5.69. The molecule has 2 aromatic rings. The second-order valence-corrected chi connectivity index (χ2v) is 5.70. The van der Waals surface area contributed by atoms with Crippen molar-refractivity contribution in [1.29, 1.82) is 0 Å². The van der Waals surface area contributed by atoms with Crippen LogP contribution in [0, 0.1) is 6.92 Å². The lowest BCUT2D eigenvalue weighted by Crippen LogP contribution is -2.07. The van der Waals surface area contributed by atoms with Crippen LogP contribution in [0.1, 0.15) is 35.1 Å². The largest absolute Gasteiger partial charge is 0.397 e. The van der Waals surface area contributed by atoms with Crippen LogP contribution in [0.2, 0.25) is 0 Å². The van der Waals surface area contributed by atoms with Crippen LogP contribution in [-0.2, 0) is 19.4 Å². The lowest BCUT2D eigenvalue weighted by atomic mass is 9.90. The maximum Gasteiger partial charge on any atom is 0.0606 e. The molecule has 2 nitrogen and oxygen atoms in total. The molecule has 0 unspecified atom stereocenters. The number of nitrogens with one attached hydrogen (secondary N) is 1. The van der Waals surface area contributed by atoms with E-state index in [1.54, 1.807) is 0 Å². The fourth-order valence-electron chi connectivity index (χ4n) is 3.02. The Labute approximate surface area is 121 Å². The van der Waals surface area contributed by atoms with Gasteiger partial charge in [-0.2, -0.15) is 0 Å². The van der Waals surface area contributed by atoms with Crippen molar-refractivity contribution in [1.82, 2.24) is 0 Å². The standard InChI is InChI=1S/C18H22N2/c1-13-5-4-8-17(19)18(13)20-12-14-9-10-15-6-2-3-7-16(15)11-14/h4-5,8-11,20H,2-3,6-7,12,19H2,1H3. The Kier molecular flexibility index (Phi) is 3.64. The van der Waals surface area contributed by atoms with Gasteiger partial charge in [-0.15, -0.1) is 0 Å². The van der Waals surface area contributed by atoms with Gasteiger partial charge in [-0.05, 0) is 60.9 Å². The van der Waals surface area contributed by atoms with Gasteiger partial charge in [0, 0.05) is 6.54 Å². The number of hydrogen-bond donors (Lipinski definition) is 2. The zero-order valence-corrected chi connectivity index (χ0v) is 12.1. The SMILES string of the molecule is Cc1cccc(N)c1NCc1ccc2c(c1)CCCC2. The molecule has 3 rings (SSSR count).